The standard InChI is InChI=1S/C19H24N2O2/c1-3-23-17-10-8-15(9-11-17)12-16(13-20)19(22)21-18-7-5-4-6-14(18)2/h8-12,14,18H,3-7H2,1-2H3,(H,21,22)/b16-12+. The van der Waals surface area contributed by atoms with Crippen LogP contribution in [-0.4, -0.2) is 18.6 Å². The van der Waals surface area contributed by atoms with E-state index in [-0.39, 0.29) is 17.5 Å². The van der Waals surface area contributed by atoms with Crippen molar-refractivity contribution in [2.45, 2.75) is 45.6 Å². The van der Waals surface area contributed by atoms with Crippen LogP contribution in [0.25, 0.3) is 6.08 Å². The summed E-state index contributed by atoms with van der Waals surface area (Å²) in [6, 6.07) is 9.56. The van der Waals surface area contributed by atoms with Gasteiger partial charge >= 0.3 is 0 Å². The van der Waals surface area contributed by atoms with E-state index >= 15 is 0 Å². The molecule has 23 heavy (non-hydrogen) atoms. The van der Waals surface area contributed by atoms with E-state index in [2.05, 4.69) is 12.2 Å². The SMILES string of the molecule is CCOc1ccc(/C=C(\C#N)C(=O)NC2CCCCC2C)cc1. The van der Waals surface area contributed by atoms with Gasteiger partial charge in [0.05, 0.1) is 6.61 Å². The van der Waals surface area contributed by atoms with Crippen LogP contribution in [0.3, 0.4) is 0 Å². The molecule has 0 radical (unpaired) electrons. The predicted molar refractivity (Wildman–Crippen MR) is 90.8 cm³/mol. The van der Waals surface area contributed by atoms with Gasteiger partial charge in [0.15, 0.2) is 0 Å². The number of nitriles is 1. The van der Waals surface area contributed by atoms with Gasteiger partial charge in [0, 0.05) is 6.04 Å². The molecule has 0 saturated heterocycles. The molecular formula is C19H24N2O2. The number of carbonyl (C=O) groups is 1. The molecule has 2 atom stereocenters. The molecule has 1 saturated carbocycles. The van der Waals surface area contributed by atoms with Crippen molar-refractivity contribution in [3.8, 4) is 11.8 Å². The Morgan fingerprint density at radius 3 is 2.65 bits per heavy atom. The Hall–Kier alpha value is -2.28. The lowest BCUT2D eigenvalue weighted by Gasteiger charge is -2.29. The van der Waals surface area contributed by atoms with Gasteiger partial charge in [-0.25, -0.2) is 0 Å². The minimum Gasteiger partial charge on any atom is -0.494 e. The van der Waals surface area contributed by atoms with Crippen molar-refractivity contribution >= 4 is 12.0 Å². The van der Waals surface area contributed by atoms with Crippen LogP contribution >= 0.6 is 0 Å². The molecular weight excluding hydrogens is 288 g/mol. The van der Waals surface area contributed by atoms with Crippen molar-refractivity contribution in [2.75, 3.05) is 6.61 Å². The Morgan fingerprint density at radius 1 is 1.35 bits per heavy atom. The van der Waals surface area contributed by atoms with E-state index in [4.69, 9.17) is 4.74 Å². The van der Waals surface area contributed by atoms with Crippen molar-refractivity contribution < 1.29 is 9.53 Å². The zero-order chi connectivity index (χ0) is 16.7. The number of hydrogen-bond donors (Lipinski definition) is 1. The fraction of sp³-hybridized carbons (Fsp3) is 0.474. The van der Waals surface area contributed by atoms with Crippen molar-refractivity contribution in [2.24, 2.45) is 5.92 Å². The number of ether oxygens (including phenoxy) is 1. The molecule has 1 aliphatic rings. The predicted octanol–water partition coefficient (Wildman–Crippen LogP) is 3.69. The second-order valence-corrected chi connectivity index (χ2v) is 6.01. The quantitative estimate of drug-likeness (QED) is 0.666. The van der Waals surface area contributed by atoms with Crippen LogP contribution in [0.4, 0.5) is 0 Å². The molecule has 4 heteroatoms. The maximum atomic E-state index is 12.3. The summed E-state index contributed by atoms with van der Waals surface area (Å²) in [6.45, 7) is 4.70. The van der Waals surface area contributed by atoms with Gasteiger partial charge in [-0.05, 0) is 49.5 Å². The normalized spacial score (nSPS) is 21.3. The number of amides is 1. The average molecular weight is 312 g/mol. The molecule has 1 aromatic carbocycles. The zero-order valence-electron chi connectivity index (χ0n) is 13.8. The summed E-state index contributed by atoms with van der Waals surface area (Å²) in [4.78, 5) is 12.3. The Kier molecular flexibility index (Phi) is 6.22. The summed E-state index contributed by atoms with van der Waals surface area (Å²) < 4.78 is 5.39. The molecule has 2 rings (SSSR count). The largest absolute Gasteiger partial charge is 0.494 e. The second-order valence-electron chi connectivity index (χ2n) is 6.01. The molecule has 1 fully saturated rings. The molecule has 1 N–H and O–H groups in total. The van der Waals surface area contributed by atoms with E-state index in [1.54, 1.807) is 6.08 Å². The number of nitrogens with zero attached hydrogens (tertiary/aromatic N) is 1. The number of benzene rings is 1. The van der Waals surface area contributed by atoms with Crippen molar-refractivity contribution in [3.05, 3.63) is 35.4 Å². The maximum Gasteiger partial charge on any atom is 0.262 e. The smallest absolute Gasteiger partial charge is 0.262 e. The van der Waals surface area contributed by atoms with E-state index < -0.39 is 0 Å². The monoisotopic (exact) mass is 312 g/mol. The van der Waals surface area contributed by atoms with Crippen LogP contribution in [0.5, 0.6) is 5.75 Å². The highest BCUT2D eigenvalue weighted by molar-refractivity contribution is 6.01. The Bertz CT molecular complexity index is 599. The topological polar surface area (TPSA) is 62.1 Å². The van der Waals surface area contributed by atoms with E-state index in [1.165, 1.54) is 6.42 Å². The van der Waals surface area contributed by atoms with E-state index in [9.17, 15) is 10.1 Å². The van der Waals surface area contributed by atoms with E-state index in [0.717, 1.165) is 30.6 Å². The Morgan fingerprint density at radius 2 is 2.04 bits per heavy atom. The summed E-state index contributed by atoms with van der Waals surface area (Å²) in [5.74, 6) is 0.974. The van der Waals surface area contributed by atoms with Crippen molar-refractivity contribution in [1.82, 2.24) is 5.32 Å². The molecule has 2 unspecified atom stereocenters. The van der Waals surface area contributed by atoms with Gasteiger partial charge in [0.2, 0.25) is 0 Å². The number of rotatable bonds is 5. The molecule has 1 amide bonds. The zero-order valence-corrected chi connectivity index (χ0v) is 13.8. The fourth-order valence-corrected chi connectivity index (χ4v) is 2.92. The highest BCUT2D eigenvalue weighted by Gasteiger charge is 2.23. The average Bonchev–Trinajstić information content (AvgIpc) is 2.56. The van der Waals surface area contributed by atoms with Gasteiger partial charge in [-0.3, -0.25) is 4.79 Å². The van der Waals surface area contributed by atoms with Crippen LogP contribution < -0.4 is 10.1 Å². The minimum atomic E-state index is -0.278. The van der Waals surface area contributed by atoms with E-state index in [1.807, 2.05) is 37.3 Å². The third-order valence-corrected chi connectivity index (χ3v) is 4.30. The molecule has 0 heterocycles. The molecule has 0 aromatic heterocycles. The first kappa shape index (κ1) is 17.1. The summed E-state index contributed by atoms with van der Waals surface area (Å²) >= 11 is 0. The summed E-state index contributed by atoms with van der Waals surface area (Å²) in [5.41, 5.74) is 0.962. The number of carbonyl (C=O) groups excluding carboxylic acids is 1. The summed E-state index contributed by atoms with van der Waals surface area (Å²) in [5, 5.41) is 12.3. The highest BCUT2D eigenvalue weighted by Crippen LogP contribution is 2.24. The molecule has 1 aromatic rings. The Balaban J connectivity index is 2.05. The van der Waals surface area contributed by atoms with Gasteiger partial charge < -0.3 is 10.1 Å². The molecule has 1 aliphatic carbocycles. The molecule has 4 nitrogen and oxygen atoms in total. The van der Waals surface area contributed by atoms with Crippen molar-refractivity contribution in [3.63, 3.8) is 0 Å². The first-order valence-electron chi connectivity index (χ1n) is 8.29. The highest BCUT2D eigenvalue weighted by atomic mass is 16.5. The molecule has 0 aliphatic heterocycles. The van der Waals surface area contributed by atoms with Gasteiger partial charge in [-0.1, -0.05) is 31.9 Å². The van der Waals surface area contributed by atoms with E-state index in [0.29, 0.717) is 12.5 Å². The van der Waals surface area contributed by atoms with Crippen LogP contribution in [0.15, 0.2) is 29.8 Å². The fourth-order valence-electron chi connectivity index (χ4n) is 2.92. The van der Waals surface area contributed by atoms with Gasteiger partial charge in [-0.2, -0.15) is 5.26 Å². The molecule has 0 bridgehead atoms. The first-order chi connectivity index (χ1) is 11.1. The molecule has 122 valence electrons. The third-order valence-electron chi connectivity index (χ3n) is 4.30. The number of nitrogens with one attached hydrogen (secondary N) is 1. The summed E-state index contributed by atoms with van der Waals surface area (Å²) in [7, 11) is 0. The third kappa shape index (κ3) is 4.85. The van der Waals surface area contributed by atoms with Crippen LogP contribution in [0.1, 0.15) is 45.1 Å². The van der Waals surface area contributed by atoms with Gasteiger partial charge in [-0.15, -0.1) is 0 Å². The van der Waals surface area contributed by atoms with Gasteiger partial charge in [0.25, 0.3) is 5.91 Å². The second kappa shape index (κ2) is 8.38. The Labute approximate surface area is 138 Å². The van der Waals surface area contributed by atoms with Crippen LogP contribution in [-0.2, 0) is 4.79 Å². The molecule has 0 spiro atoms. The van der Waals surface area contributed by atoms with Crippen LogP contribution in [0.2, 0.25) is 0 Å². The minimum absolute atomic E-state index is 0.145. The van der Waals surface area contributed by atoms with Crippen LogP contribution in [0, 0.1) is 17.2 Å². The van der Waals surface area contributed by atoms with Gasteiger partial charge in [0.1, 0.15) is 17.4 Å². The van der Waals surface area contributed by atoms with Crippen molar-refractivity contribution in [1.29, 1.82) is 5.26 Å². The first-order valence-corrected chi connectivity index (χ1v) is 8.29. The summed E-state index contributed by atoms with van der Waals surface area (Å²) in [6.07, 6.45) is 6.11. The lowest BCUT2D eigenvalue weighted by Crippen LogP contribution is -2.41. The lowest BCUT2D eigenvalue weighted by molar-refractivity contribution is -0.118. The number of hydrogen-bond acceptors (Lipinski definition) is 3. The lowest BCUT2D eigenvalue weighted by atomic mass is 9.86. The maximum absolute atomic E-state index is 12.3.